The van der Waals surface area contributed by atoms with Gasteiger partial charge in [0.05, 0.1) is 25.9 Å². The van der Waals surface area contributed by atoms with Gasteiger partial charge in [0, 0.05) is 29.8 Å². The third-order valence-corrected chi connectivity index (χ3v) is 5.51. The number of anilines is 1. The summed E-state index contributed by atoms with van der Waals surface area (Å²) in [6.45, 7) is 5.14. The number of nitrogens with zero attached hydrogens (tertiary/aromatic N) is 1. The first-order valence-electron chi connectivity index (χ1n) is 9.25. The molecule has 140 valence electrons. The van der Waals surface area contributed by atoms with E-state index in [9.17, 15) is 0 Å². The number of fused-ring (bicyclic) bond motifs is 1. The first-order chi connectivity index (χ1) is 12.9. The molecule has 0 bridgehead atoms. The maximum absolute atomic E-state index is 5.88. The normalized spacial score (nSPS) is 18.8. The highest BCUT2D eigenvalue weighted by molar-refractivity contribution is 7.09. The quantitative estimate of drug-likeness (QED) is 0.658. The van der Waals surface area contributed by atoms with E-state index in [1.54, 1.807) is 11.3 Å². The highest BCUT2D eigenvalue weighted by Gasteiger charge is 2.17. The predicted octanol–water partition coefficient (Wildman–Crippen LogP) is 3.72. The van der Waals surface area contributed by atoms with Crippen LogP contribution in [0.15, 0.2) is 35.7 Å². The van der Waals surface area contributed by atoms with Gasteiger partial charge in [0.2, 0.25) is 0 Å². The number of benzene rings is 1. The van der Waals surface area contributed by atoms with Crippen LogP contribution in [0.3, 0.4) is 0 Å². The third-order valence-electron chi connectivity index (χ3n) is 4.65. The van der Waals surface area contributed by atoms with E-state index in [4.69, 9.17) is 18.9 Å². The minimum Gasteiger partial charge on any atom is -0.486 e. The van der Waals surface area contributed by atoms with Gasteiger partial charge in [0.1, 0.15) is 13.2 Å². The van der Waals surface area contributed by atoms with Gasteiger partial charge in [-0.25, -0.2) is 0 Å². The van der Waals surface area contributed by atoms with E-state index in [1.807, 2.05) is 6.07 Å². The number of hydrogen-bond donors (Lipinski definition) is 0. The summed E-state index contributed by atoms with van der Waals surface area (Å²) in [4.78, 5) is 3.67. The molecule has 0 aliphatic carbocycles. The Morgan fingerprint density at radius 3 is 2.85 bits per heavy atom. The van der Waals surface area contributed by atoms with Crippen molar-refractivity contribution in [2.45, 2.75) is 25.5 Å². The Kier molecular flexibility index (Phi) is 5.94. The molecule has 2 aliphatic rings. The van der Waals surface area contributed by atoms with Gasteiger partial charge in [-0.3, -0.25) is 0 Å². The SMILES string of the molecule is c1csc(CN(CCOCC2CCCO2)c2ccc3c(c2)OCCO3)c1. The zero-order valence-electron chi connectivity index (χ0n) is 14.9. The van der Waals surface area contributed by atoms with Gasteiger partial charge in [-0.1, -0.05) is 6.07 Å². The van der Waals surface area contributed by atoms with Gasteiger partial charge in [-0.2, -0.15) is 0 Å². The summed E-state index contributed by atoms with van der Waals surface area (Å²) in [7, 11) is 0. The van der Waals surface area contributed by atoms with Crippen LogP contribution in [0.2, 0.25) is 0 Å². The zero-order chi connectivity index (χ0) is 17.6. The van der Waals surface area contributed by atoms with Crippen molar-refractivity contribution in [3.63, 3.8) is 0 Å². The molecule has 1 fully saturated rings. The minimum atomic E-state index is 0.273. The van der Waals surface area contributed by atoms with E-state index in [-0.39, 0.29) is 6.10 Å². The summed E-state index contributed by atoms with van der Waals surface area (Å²) >= 11 is 1.78. The summed E-state index contributed by atoms with van der Waals surface area (Å²) in [5.41, 5.74) is 1.13. The van der Waals surface area contributed by atoms with Crippen molar-refractivity contribution in [1.29, 1.82) is 0 Å². The number of hydrogen-bond acceptors (Lipinski definition) is 6. The van der Waals surface area contributed by atoms with Crippen LogP contribution in [-0.4, -0.2) is 45.7 Å². The Balaban J connectivity index is 1.40. The van der Waals surface area contributed by atoms with Crippen LogP contribution >= 0.6 is 11.3 Å². The fourth-order valence-corrected chi connectivity index (χ4v) is 4.00. The molecule has 1 aromatic heterocycles. The molecule has 0 spiro atoms. The van der Waals surface area contributed by atoms with Gasteiger partial charge < -0.3 is 23.8 Å². The highest BCUT2D eigenvalue weighted by Crippen LogP contribution is 2.34. The lowest BCUT2D eigenvalue weighted by molar-refractivity contribution is 0.0195. The van der Waals surface area contributed by atoms with Crippen molar-refractivity contribution < 1.29 is 18.9 Å². The van der Waals surface area contributed by atoms with Gasteiger partial charge >= 0.3 is 0 Å². The van der Waals surface area contributed by atoms with Crippen molar-refractivity contribution in [1.82, 2.24) is 0 Å². The second-order valence-electron chi connectivity index (χ2n) is 6.54. The smallest absolute Gasteiger partial charge is 0.163 e. The van der Waals surface area contributed by atoms with Crippen LogP contribution in [0.25, 0.3) is 0 Å². The van der Waals surface area contributed by atoms with Gasteiger partial charge in [-0.15, -0.1) is 11.3 Å². The van der Waals surface area contributed by atoms with Gasteiger partial charge in [0.25, 0.3) is 0 Å². The van der Waals surface area contributed by atoms with Crippen molar-refractivity contribution in [2.75, 3.05) is 44.5 Å². The van der Waals surface area contributed by atoms with E-state index in [0.717, 1.165) is 49.7 Å². The van der Waals surface area contributed by atoms with Gasteiger partial charge in [0.15, 0.2) is 11.5 Å². The van der Waals surface area contributed by atoms with Crippen molar-refractivity contribution in [3.8, 4) is 11.5 Å². The standard InChI is InChI=1S/C20H25NO4S/c1-3-17(23-8-1)15-22-9-7-21(14-18-4-2-12-26-18)16-5-6-19-20(13-16)25-11-10-24-19/h2,4-6,12-13,17H,1,3,7-11,14-15H2. The molecule has 1 saturated heterocycles. The Hall–Kier alpha value is -1.76. The molecule has 2 aromatic rings. The molecule has 0 saturated carbocycles. The van der Waals surface area contributed by atoms with Crippen molar-refractivity contribution in [2.24, 2.45) is 0 Å². The minimum absolute atomic E-state index is 0.273. The fourth-order valence-electron chi connectivity index (χ4n) is 3.28. The van der Waals surface area contributed by atoms with Crippen LogP contribution in [0.5, 0.6) is 11.5 Å². The molecule has 1 aromatic carbocycles. The van der Waals surface area contributed by atoms with E-state index in [0.29, 0.717) is 26.4 Å². The molecule has 26 heavy (non-hydrogen) atoms. The largest absolute Gasteiger partial charge is 0.486 e. The maximum atomic E-state index is 5.88. The van der Waals surface area contributed by atoms with Gasteiger partial charge in [-0.05, 0) is 36.4 Å². The molecule has 0 amide bonds. The zero-order valence-corrected chi connectivity index (χ0v) is 15.7. The molecule has 2 aliphatic heterocycles. The average molecular weight is 375 g/mol. The van der Waals surface area contributed by atoms with E-state index >= 15 is 0 Å². The lowest BCUT2D eigenvalue weighted by Gasteiger charge is -2.27. The van der Waals surface area contributed by atoms with Crippen LogP contribution in [0.4, 0.5) is 5.69 Å². The molecule has 0 N–H and O–H groups in total. The molecular formula is C20H25NO4S. The maximum Gasteiger partial charge on any atom is 0.163 e. The average Bonchev–Trinajstić information content (AvgIpc) is 3.38. The summed E-state index contributed by atoms with van der Waals surface area (Å²) in [6.07, 6.45) is 2.53. The highest BCUT2D eigenvalue weighted by atomic mass is 32.1. The molecule has 1 unspecified atom stereocenters. The second-order valence-corrected chi connectivity index (χ2v) is 7.57. The lowest BCUT2D eigenvalue weighted by Crippen LogP contribution is -2.28. The van der Waals surface area contributed by atoms with Crippen LogP contribution in [0.1, 0.15) is 17.7 Å². The number of ether oxygens (including phenoxy) is 4. The Labute approximate surface area is 158 Å². The third kappa shape index (κ3) is 4.50. The Bertz CT molecular complexity index is 685. The Morgan fingerprint density at radius 2 is 2.04 bits per heavy atom. The molecular weight excluding hydrogens is 350 g/mol. The fraction of sp³-hybridized carbons (Fsp3) is 0.500. The van der Waals surface area contributed by atoms with E-state index < -0.39 is 0 Å². The summed E-state index contributed by atoms with van der Waals surface area (Å²) < 4.78 is 22.9. The number of rotatable bonds is 8. The topological polar surface area (TPSA) is 40.2 Å². The summed E-state index contributed by atoms with van der Waals surface area (Å²) in [5.74, 6) is 1.65. The lowest BCUT2D eigenvalue weighted by atomic mass is 10.2. The summed E-state index contributed by atoms with van der Waals surface area (Å²) in [6, 6.07) is 10.4. The van der Waals surface area contributed by atoms with Crippen LogP contribution < -0.4 is 14.4 Å². The second kappa shape index (κ2) is 8.75. The number of thiophene rings is 1. The summed E-state index contributed by atoms with van der Waals surface area (Å²) in [5, 5.41) is 2.12. The first-order valence-corrected chi connectivity index (χ1v) is 10.1. The van der Waals surface area contributed by atoms with Crippen molar-refractivity contribution in [3.05, 3.63) is 40.6 Å². The first kappa shape index (κ1) is 17.6. The van der Waals surface area contributed by atoms with Crippen LogP contribution in [0, 0.1) is 0 Å². The van der Waals surface area contributed by atoms with Crippen molar-refractivity contribution >= 4 is 17.0 Å². The molecule has 4 rings (SSSR count). The molecule has 3 heterocycles. The molecule has 5 nitrogen and oxygen atoms in total. The molecule has 6 heteroatoms. The predicted molar refractivity (Wildman–Crippen MR) is 103 cm³/mol. The Morgan fingerprint density at radius 1 is 1.12 bits per heavy atom. The van der Waals surface area contributed by atoms with E-state index in [2.05, 4.69) is 34.5 Å². The molecule has 1 atom stereocenters. The van der Waals surface area contributed by atoms with Crippen LogP contribution in [-0.2, 0) is 16.0 Å². The van der Waals surface area contributed by atoms with E-state index in [1.165, 1.54) is 4.88 Å². The monoisotopic (exact) mass is 375 g/mol. The molecule has 0 radical (unpaired) electrons.